The number of hydrogen-bond acceptors (Lipinski definition) is 2. The number of hydrogen-bond donors (Lipinski definition) is 1. The number of piperazine rings is 1. The molecule has 1 aliphatic rings. The van der Waals surface area contributed by atoms with Crippen LogP contribution >= 0.6 is 0 Å². The maximum Gasteiger partial charge on any atom is 0.254 e. The lowest BCUT2D eigenvalue weighted by Gasteiger charge is -2.35. The van der Waals surface area contributed by atoms with Gasteiger partial charge in [0.2, 0.25) is 5.91 Å². The lowest BCUT2D eigenvalue weighted by molar-refractivity contribution is -0.128. The first kappa shape index (κ1) is 18.1. The molecule has 1 atom stereocenters. The summed E-state index contributed by atoms with van der Waals surface area (Å²) >= 11 is 0. The monoisotopic (exact) mass is 354 g/mol. The number of halogens is 1. The van der Waals surface area contributed by atoms with Crippen LogP contribution in [0.5, 0.6) is 0 Å². The van der Waals surface area contributed by atoms with Crippen LogP contribution in [0.2, 0.25) is 0 Å². The minimum atomic E-state index is -0.959. The summed E-state index contributed by atoms with van der Waals surface area (Å²) in [5.41, 5.74) is 1.82. The summed E-state index contributed by atoms with van der Waals surface area (Å²) in [6, 6.07) is 12.5. The molecule has 2 aromatic rings. The largest absolute Gasteiger partial charge is 0.352 e. The van der Waals surface area contributed by atoms with Crippen LogP contribution in [0, 0.1) is 5.82 Å². The van der Waals surface area contributed by atoms with E-state index in [-0.39, 0.29) is 22.8 Å². The molecule has 5 heteroatoms. The van der Waals surface area contributed by atoms with E-state index in [0.717, 1.165) is 5.56 Å². The van der Waals surface area contributed by atoms with Crippen LogP contribution in [-0.4, -0.2) is 29.8 Å². The second-order valence-corrected chi connectivity index (χ2v) is 7.54. The van der Waals surface area contributed by atoms with Crippen LogP contribution in [0.1, 0.15) is 48.3 Å². The second-order valence-electron chi connectivity index (χ2n) is 7.54. The van der Waals surface area contributed by atoms with E-state index in [1.165, 1.54) is 11.0 Å². The molecule has 1 N–H and O–H groups in total. The lowest BCUT2D eigenvalue weighted by atomic mass is 9.86. The second kappa shape index (κ2) is 6.90. The number of carbonyl (C=O) groups excluding carboxylic acids is 2. The lowest BCUT2D eigenvalue weighted by Crippen LogP contribution is -2.52. The summed E-state index contributed by atoms with van der Waals surface area (Å²) in [5.74, 6) is -1.12. The van der Waals surface area contributed by atoms with E-state index in [9.17, 15) is 14.0 Å². The van der Waals surface area contributed by atoms with E-state index in [1.54, 1.807) is 30.3 Å². The normalized spacial score (nSPS) is 17.8. The molecule has 0 spiro atoms. The Labute approximate surface area is 153 Å². The third kappa shape index (κ3) is 3.47. The van der Waals surface area contributed by atoms with Crippen molar-refractivity contribution in [1.82, 2.24) is 10.2 Å². The summed E-state index contributed by atoms with van der Waals surface area (Å²) in [6.45, 7) is 7.01. The van der Waals surface area contributed by atoms with Crippen molar-refractivity contribution in [3.63, 3.8) is 0 Å². The minimum absolute atomic E-state index is 0.0116. The van der Waals surface area contributed by atoms with Crippen molar-refractivity contribution in [3.8, 4) is 0 Å². The van der Waals surface area contributed by atoms with Crippen LogP contribution < -0.4 is 5.32 Å². The van der Waals surface area contributed by atoms with Crippen molar-refractivity contribution in [2.75, 3.05) is 13.1 Å². The first-order valence-electron chi connectivity index (χ1n) is 8.72. The molecule has 0 aliphatic carbocycles. The number of benzene rings is 2. The average Bonchev–Trinajstić information content (AvgIpc) is 2.61. The summed E-state index contributed by atoms with van der Waals surface area (Å²) in [7, 11) is 0. The third-order valence-corrected chi connectivity index (χ3v) is 4.67. The Kier molecular flexibility index (Phi) is 4.81. The standard InChI is InChI=1S/C21H23FN2O2/c1-21(2,3)15-10-8-14(9-11-15)20(26)24-13-12-23-19(25)18(24)16-6-4-5-7-17(16)22/h4-11,18H,12-13H2,1-3H3,(H,23,25). The SMILES string of the molecule is CC(C)(C)c1ccc(C(=O)N2CCNC(=O)C2c2ccccc2F)cc1. The molecule has 1 unspecified atom stereocenters. The van der Waals surface area contributed by atoms with E-state index < -0.39 is 11.9 Å². The van der Waals surface area contributed by atoms with Crippen LogP contribution in [0.25, 0.3) is 0 Å². The molecule has 3 rings (SSSR count). The summed E-state index contributed by atoms with van der Waals surface area (Å²) in [4.78, 5) is 26.9. The highest BCUT2D eigenvalue weighted by atomic mass is 19.1. The molecule has 0 aromatic heterocycles. The Balaban J connectivity index is 1.93. The highest BCUT2D eigenvalue weighted by molar-refractivity contribution is 5.98. The molecule has 1 fully saturated rings. The topological polar surface area (TPSA) is 49.4 Å². The molecule has 1 saturated heterocycles. The van der Waals surface area contributed by atoms with Gasteiger partial charge in [-0.1, -0.05) is 51.1 Å². The number of nitrogens with one attached hydrogen (secondary N) is 1. The Morgan fingerprint density at radius 2 is 1.77 bits per heavy atom. The molecule has 0 radical (unpaired) electrons. The maximum atomic E-state index is 14.3. The van der Waals surface area contributed by atoms with Gasteiger partial charge in [0.15, 0.2) is 0 Å². The van der Waals surface area contributed by atoms with Gasteiger partial charge in [-0.3, -0.25) is 9.59 Å². The fourth-order valence-corrected chi connectivity index (χ4v) is 3.17. The van der Waals surface area contributed by atoms with Gasteiger partial charge in [0.1, 0.15) is 11.9 Å². The predicted molar refractivity (Wildman–Crippen MR) is 98.3 cm³/mol. The molecule has 0 bridgehead atoms. The number of amides is 2. The van der Waals surface area contributed by atoms with E-state index in [0.29, 0.717) is 18.7 Å². The molecular formula is C21H23FN2O2. The van der Waals surface area contributed by atoms with Gasteiger partial charge in [0.05, 0.1) is 0 Å². The Bertz CT molecular complexity index is 825. The minimum Gasteiger partial charge on any atom is -0.352 e. The maximum absolute atomic E-state index is 14.3. The zero-order valence-corrected chi connectivity index (χ0v) is 15.3. The van der Waals surface area contributed by atoms with Crippen LogP contribution in [-0.2, 0) is 10.2 Å². The van der Waals surface area contributed by atoms with Gasteiger partial charge in [-0.2, -0.15) is 0 Å². The third-order valence-electron chi connectivity index (χ3n) is 4.67. The molecule has 2 aromatic carbocycles. The number of carbonyl (C=O) groups is 2. The molecule has 0 saturated carbocycles. The van der Waals surface area contributed by atoms with Gasteiger partial charge in [-0.25, -0.2) is 4.39 Å². The van der Waals surface area contributed by atoms with Crippen LogP contribution in [0.3, 0.4) is 0 Å². The molecule has 2 amide bonds. The zero-order chi connectivity index (χ0) is 18.9. The van der Waals surface area contributed by atoms with Gasteiger partial charge in [0.25, 0.3) is 5.91 Å². The fourth-order valence-electron chi connectivity index (χ4n) is 3.17. The smallest absolute Gasteiger partial charge is 0.254 e. The van der Waals surface area contributed by atoms with Gasteiger partial charge in [0, 0.05) is 24.2 Å². The van der Waals surface area contributed by atoms with Gasteiger partial charge in [-0.05, 0) is 29.2 Å². The predicted octanol–water partition coefficient (Wildman–Crippen LogP) is 3.44. The van der Waals surface area contributed by atoms with Crippen molar-refractivity contribution in [1.29, 1.82) is 0 Å². The van der Waals surface area contributed by atoms with Crippen molar-refractivity contribution < 1.29 is 14.0 Å². The molecule has 136 valence electrons. The highest BCUT2D eigenvalue weighted by Crippen LogP contribution is 2.28. The molecule has 1 aliphatic heterocycles. The van der Waals surface area contributed by atoms with Crippen molar-refractivity contribution in [2.45, 2.75) is 32.2 Å². The molecule has 4 nitrogen and oxygen atoms in total. The summed E-state index contributed by atoms with van der Waals surface area (Å²) < 4.78 is 14.3. The highest BCUT2D eigenvalue weighted by Gasteiger charge is 2.36. The average molecular weight is 354 g/mol. The van der Waals surface area contributed by atoms with Crippen molar-refractivity contribution in [3.05, 3.63) is 71.0 Å². The first-order valence-corrected chi connectivity index (χ1v) is 8.72. The van der Waals surface area contributed by atoms with E-state index in [4.69, 9.17) is 0 Å². The first-order chi connectivity index (χ1) is 12.3. The van der Waals surface area contributed by atoms with E-state index >= 15 is 0 Å². The van der Waals surface area contributed by atoms with E-state index in [1.807, 2.05) is 12.1 Å². The summed E-state index contributed by atoms with van der Waals surface area (Å²) in [6.07, 6.45) is 0. The number of nitrogens with zero attached hydrogens (tertiary/aromatic N) is 1. The quantitative estimate of drug-likeness (QED) is 0.898. The van der Waals surface area contributed by atoms with Crippen molar-refractivity contribution in [2.24, 2.45) is 0 Å². The number of rotatable bonds is 2. The Morgan fingerprint density at radius 1 is 1.12 bits per heavy atom. The van der Waals surface area contributed by atoms with Gasteiger partial charge in [-0.15, -0.1) is 0 Å². The van der Waals surface area contributed by atoms with Gasteiger partial charge >= 0.3 is 0 Å². The van der Waals surface area contributed by atoms with Crippen molar-refractivity contribution >= 4 is 11.8 Å². The Morgan fingerprint density at radius 3 is 2.38 bits per heavy atom. The zero-order valence-electron chi connectivity index (χ0n) is 15.3. The Hall–Kier alpha value is -2.69. The molecule has 1 heterocycles. The van der Waals surface area contributed by atoms with Crippen LogP contribution in [0.15, 0.2) is 48.5 Å². The summed E-state index contributed by atoms with van der Waals surface area (Å²) in [5, 5.41) is 2.72. The van der Waals surface area contributed by atoms with Crippen LogP contribution in [0.4, 0.5) is 4.39 Å². The van der Waals surface area contributed by atoms with E-state index in [2.05, 4.69) is 26.1 Å². The molecule has 26 heavy (non-hydrogen) atoms. The molecular weight excluding hydrogens is 331 g/mol. The van der Waals surface area contributed by atoms with Gasteiger partial charge < -0.3 is 10.2 Å². The fraction of sp³-hybridized carbons (Fsp3) is 0.333.